The van der Waals surface area contributed by atoms with Crippen LogP contribution in [0, 0.1) is 5.92 Å². The third-order valence-electron chi connectivity index (χ3n) is 1.61. The molecule has 2 heteroatoms. The third kappa shape index (κ3) is 3.46. The molecule has 0 aliphatic rings. The first-order valence-electron chi connectivity index (χ1n) is 3.56. The van der Waals surface area contributed by atoms with Crippen molar-refractivity contribution >= 4 is 0 Å². The Kier molecular flexibility index (Phi) is 4.68. The van der Waals surface area contributed by atoms with Gasteiger partial charge in [0.25, 0.3) is 0 Å². The summed E-state index contributed by atoms with van der Waals surface area (Å²) in [6, 6.07) is 0. The average Bonchev–Trinajstić information content (AvgIpc) is 1.82. The highest BCUT2D eigenvalue weighted by Gasteiger charge is 2.12. The highest BCUT2D eigenvalue weighted by atomic mass is 19.1. The Morgan fingerprint density at radius 1 is 1.56 bits per heavy atom. The van der Waals surface area contributed by atoms with E-state index in [2.05, 4.69) is 0 Å². The SMILES string of the molecule is CCCC(CN)C(C)F. The van der Waals surface area contributed by atoms with Crippen molar-refractivity contribution in [2.45, 2.75) is 32.9 Å². The largest absolute Gasteiger partial charge is 0.330 e. The summed E-state index contributed by atoms with van der Waals surface area (Å²) in [5.74, 6) is 0.0787. The van der Waals surface area contributed by atoms with E-state index >= 15 is 0 Å². The zero-order chi connectivity index (χ0) is 7.28. The first-order chi connectivity index (χ1) is 4.22. The molecule has 0 saturated heterocycles. The van der Waals surface area contributed by atoms with E-state index in [0.717, 1.165) is 12.8 Å². The number of hydrogen-bond donors (Lipinski definition) is 1. The van der Waals surface area contributed by atoms with Crippen LogP contribution in [0.1, 0.15) is 26.7 Å². The van der Waals surface area contributed by atoms with E-state index < -0.39 is 6.17 Å². The van der Waals surface area contributed by atoms with Crippen LogP contribution in [0.15, 0.2) is 0 Å². The van der Waals surface area contributed by atoms with Crippen LogP contribution < -0.4 is 5.73 Å². The molecule has 2 atom stereocenters. The van der Waals surface area contributed by atoms with Gasteiger partial charge in [-0.15, -0.1) is 0 Å². The maximum absolute atomic E-state index is 12.5. The molecule has 0 rings (SSSR count). The Morgan fingerprint density at radius 3 is 2.22 bits per heavy atom. The lowest BCUT2D eigenvalue weighted by Gasteiger charge is -2.13. The second kappa shape index (κ2) is 4.74. The second-order valence-electron chi connectivity index (χ2n) is 2.46. The van der Waals surface area contributed by atoms with E-state index in [1.807, 2.05) is 6.92 Å². The molecular weight excluding hydrogens is 117 g/mol. The quantitative estimate of drug-likeness (QED) is 0.621. The van der Waals surface area contributed by atoms with Crippen molar-refractivity contribution in [2.24, 2.45) is 11.7 Å². The van der Waals surface area contributed by atoms with Crippen molar-refractivity contribution in [3.8, 4) is 0 Å². The first-order valence-corrected chi connectivity index (χ1v) is 3.56. The van der Waals surface area contributed by atoms with Gasteiger partial charge in [0.05, 0.1) is 0 Å². The van der Waals surface area contributed by atoms with Gasteiger partial charge in [-0.25, -0.2) is 4.39 Å². The van der Waals surface area contributed by atoms with Crippen molar-refractivity contribution in [1.29, 1.82) is 0 Å². The maximum Gasteiger partial charge on any atom is 0.101 e. The van der Waals surface area contributed by atoms with Crippen LogP contribution in [0.5, 0.6) is 0 Å². The number of alkyl halides is 1. The van der Waals surface area contributed by atoms with Crippen LogP contribution in [-0.2, 0) is 0 Å². The summed E-state index contributed by atoms with van der Waals surface area (Å²) in [6.45, 7) is 4.10. The number of nitrogens with two attached hydrogens (primary N) is 1. The molecule has 2 unspecified atom stereocenters. The lowest BCUT2D eigenvalue weighted by molar-refractivity contribution is 0.241. The van der Waals surface area contributed by atoms with Gasteiger partial charge in [0.1, 0.15) is 6.17 Å². The molecule has 1 nitrogen and oxygen atoms in total. The Labute approximate surface area is 56.4 Å². The van der Waals surface area contributed by atoms with Gasteiger partial charge in [0, 0.05) is 5.92 Å². The van der Waals surface area contributed by atoms with E-state index in [1.54, 1.807) is 6.92 Å². The predicted octanol–water partition coefficient (Wildman–Crippen LogP) is 1.72. The average molecular weight is 133 g/mol. The van der Waals surface area contributed by atoms with E-state index in [4.69, 9.17) is 5.73 Å². The molecule has 0 saturated carbocycles. The molecule has 2 N–H and O–H groups in total. The fourth-order valence-corrected chi connectivity index (χ4v) is 0.906. The summed E-state index contributed by atoms with van der Waals surface area (Å²) >= 11 is 0. The van der Waals surface area contributed by atoms with E-state index in [9.17, 15) is 4.39 Å². The van der Waals surface area contributed by atoms with Gasteiger partial charge in [-0.2, -0.15) is 0 Å². The molecule has 0 aromatic rings. The number of hydrogen-bond acceptors (Lipinski definition) is 1. The van der Waals surface area contributed by atoms with Crippen molar-refractivity contribution in [3.05, 3.63) is 0 Å². The minimum Gasteiger partial charge on any atom is -0.330 e. The standard InChI is InChI=1S/C7H16FN/c1-3-4-7(5-9)6(2)8/h6-7H,3-5,9H2,1-2H3. The second-order valence-corrected chi connectivity index (χ2v) is 2.46. The fourth-order valence-electron chi connectivity index (χ4n) is 0.906. The van der Waals surface area contributed by atoms with Crippen molar-refractivity contribution in [1.82, 2.24) is 0 Å². The van der Waals surface area contributed by atoms with Crippen LogP contribution in [0.25, 0.3) is 0 Å². The summed E-state index contributed by atoms with van der Waals surface area (Å²) in [5, 5.41) is 0. The van der Waals surface area contributed by atoms with Gasteiger partial charge in [-0.1, -0.05) is 13.3 Å². The minimum absolute atomic E-state index is 0.0787. The van der Waals surface area contributed by atoms with Gasteiger partial charge in [-0.05, 0) is 19.9 Å². The van der Waals surface area contributed by atoms with E-state index in [-0.39, 0.29) is 5.92 Å². The van der Waals surface area contributed by atoms with Gasteiger partial charge in [0.15, 0.2) is 0 Å². The molecule has 9 heavy (non-hydrogen) atoms. The number of rotatable bonds is 4. The smallest absolute Gasteiger partial charge is 0.101 e. The normalized spacial score (nSPS) is 17.3. The molecular formula is C7H16FN. The van der Waals surface area contributed by atoms with Crippen LogP contribution in [0.2, 0.25) is 0 Å². The minimum atomic E-state index is -0.741. The molecule has 0 spiro atoms. The molecule has 0 bridgehead atoms. The van der Waals surface area contributed by atoms with Crippen molar-refractivity contribution in [3.63, 3.8) is 0 Å². The highest BCUT2D eigenvalue weighted by molar-refractivity contribution is 4.64. The zero-order valence-corrected chi connectivity index (χ0v) is 6.23. The lowest BCUT2D eigenvalue weighted by Crippen LogP contribution is -2.22. The summed E-state index contributed by atoms with van der Waals surface area (Å²) in [7, 11) is 0. The van der Waals surface area contributed by atoms with E-state index in [0.29, 0.717) is 6.54 Å². The molecule has 0 aromatic heterocycles. The van der Waals surface area contributed by atoms with Crippen molar-refractivity contribution in [2.75, 3.05) is 6.54 Å². The fraction of sp³-hybridized carbons (Fsp3) is 1.00. The third-order valence-corrected chi connectivity index (χ3v) is 1.61. The summed E-state index contributed by atoms with van der Waals surface area (Å²) in [5.41, 5.74) is 5.32. The molecule has 0 amide bonds. The van der Waals surface area contributed by atoms with Crippen LogP contribution >= 0.6 is 0 Å². The molecule has 0 aliphatic heterocycles. The van der Waals surface area contributed by atoms with E-state index in [1.165, 1.54) is 0 Å². The Morgan fingerprint density at radius 2 is 2.11 bits per heavy atom. The molecule has 0 radical (unpaired) electrons. The van der Waals surface area contributed by atoms with Gasteiger partial charge >= 0.3 is 0 Å². The zero-order valence-electron chi connectivity index (χ0n) is 6.23. The number of halogens is 1. The Balaban J connectivity index is 3.41. The molecule has 0 fully saturated rings. The van der Waals surface area contributed by atoms with Crippen molar-refractivity contribution < 1.29 is 4.39 Å². The maximum atomic E-state index is 12.5. The molecule has 0 aromatic carbocycles. The Hall–Kier alpha value is -0.110. The van der Waals surface area contributed by atoms with Crippen LogP contribution in [0.3, 0.4) is 0 Å². The lowest BCUT2D eigenvalue weighted by atomic mass is 10.00. The molecule has 56 valence electrons. The first kappa shape index (κ1) is 8.89. The molecule has 0 heterocycles. The van der Waals surface area contributed by atoms with Gasteiger partial charge in [-0.3, -0.25) is 0 Å². The predicted molar refractivity (Wildman–Crippen MR) is 38.0 cm³/mol. The Bertz CT molecular complexity index is 63.9. The van der Waals surface area contributed by atoms with Crippen LogP contribution in [-0.4, -0.2) is 12.7 Å². The van der Waals surface area contributed by atoms with Gasteiger partial charge in [0.2, 0.25) is 0 Å². The summed E-state index contributed by atoms with van der Waals surface area (Å²) < 4.78 is 12.5. The van der Waals surface area contributed by atoms with Gasteiger partial charge < -0.3 is 5.73 Å². The monoisotopic (exact) mass is 133 g/mol. The topological polar surface area (TPSA) is 26.0 Å². The summed E-state index contributed by atoms with van der Waals surface area (Å²) in [4.78, 5) is 0. The van der Waals surface area contributed by atoms with Crippen LogP contribution in [0.4, 0.5) is 4.39 Å². The molecule has 0 aliphatic carbocycles. The highest BCUT2D eigenvalue weighted by Crippen LogP contribution is 2.11. The summed E-state index contributed by atoms with van der Waals surface area (Å²) in [6.07, 6.45) is 1.19.